The number of rotatable bonds is 8. The van der Waals surface area contributed by atoms with Gasteiger partial charge in [0.15, 0.2) is 0 Å². The second-order valence-electron chi connectivity index (χ2n) is 9.00. The summed E-state index contributed by atoms with van der Waals surface area (Å²) in [5, 5.41) is 15.0. The molecule has 0 spiro atoms. The molecule has 0 aromatic rings. The Labute approximate surface area is 161 Å². The first kappa shape index (κ1) is 20.0. The van der Waals surface area contributed by atoms with Crippen LogP contribution >= 0.6 is 0 Å². The van der Waals surface area contributed by atoms with E-state index in [1.165, 1.54) is 24.2 Å². The Bertz CT molecular complexity index is 556. The number of nitrogens with zero attached hydrogens (tertiary/aromatic N) is 1. The normalized spacial score (nSPS) is 32.0. The lowest BCUT2D eigenvalue weighted by molar-refractivity contribution is -0.146. The van der Waals surface area contributed by atoms with Crippen LogP contribution in [0.15, 0.2) is 0 Å². The minimum atomic E-state index is -1.02. The second kappa shape index (κ2) is 8.07. The number of carbonyl (C=O) groups is 3. The maximum Gasteiger partial charge on any atom is 0.323 e. The summed E-state index contributed by atoms with van der Waals surface area (Å²) in [6.45, 7) is 3.69. The van der Waals surface area contributed by atoms with Crippen molar-refractivity contribution < 1.29 is 19.5 Å². The van der Waals surface area contributed by atoms with E-state index in [1.54, 1.807) is 0 Å². The first-order chi connectivity index (χ1) is 12.8. The number of nitrogens with one attached hydrogen (secondary N) is 2. The molecule has 4 aliphatic rings. The number of carbonyl (C=O) groups excluding carboxylic acids is 2. The highest BCUT2D eigenvalue weighted by molar-refractivity contribution is 5.82. The number of urea groups is 1. The van der Waals surface area contributed by atoms with Crippen LogP contribution in [0.25, 0.3) is 0 Å². The molecule has 4 rings (SSSR count). The summed E-state index contributed by atoms with van der Waals surface area (Å²) < 4.78 is 0. The molecule has 0 aromatic heterocycles. The van der Waals surface area contributed by atoms with Gasteiger partial charge in [-0.1, -0.05) is 6.92 Å². The van der Waals surface area contributed by atoms with Gasteiger partial charge in [-0.15, -0.1) is 0 Å². The van der Waals surface area contributed by atoms with Crippen LogP contribution in [0.5, 0.6) is 0 Å². The molecule has 1 unspecified atom stereocenters. The molecule has 7 nitrogen and oxygen atoms in total. The summed E-state index contributed by atoms with van der Waals surface area (Å²) in [6.07, 6.45) is 8.05. The van der Waals surface area contributed by atoms with Crippen molar-refractivity contribution in [1.29, 1.82) is 0 Å². The Morgan fingerprint density at radius 3 is 2.15 bits per heavy atom. The topological polar surface area (TPSA) is 98.7 Å². The minimum Gasteiger partial charge on any atom is -0.480 e. The van der Waals surface area contributed by atoms with Gasteiger partial charge in [-0.3, -0.25) is 9.59 Å². The average Bonchev–Trinajstić information content (AvgIpc) is 2.57. The lowest BCUT2D eigenvalue weighted by Gasteiger charge is -2.56. The molecule has 0 heterocycles. The van der Waals surface area contributed by atoms with E-state index in [2.05, 4.69) is 10.6 Å². The molecular formula is C20H33N3O4. The Morgan fingerprint density at radius 2 is 1.67 bits per heavy atom. The zero-order valence-corrected chi connectivity index (χ0v) is 16.5. The molecule has 4 aliphatic carbocycles. The van der Waals surface area contributed by atoms with Crippen molar-refractivity contribution in [3.8, 4) is 0 Å². The first-order valence-corrected chi connectivity index (χ1v) is 10.4. The van der Waals surface area contributed by atoms with Gasteiger partial charge in [-0.25, -0.2) is 4.79 Å². The standard InChI is InChI=1S/C20H33N3O4/c1-3-13(2)23(12-18(25)26)17(24)4-5-21-19(27)22-20-9-14-6-15(10-20)8-16(7-14)11-20/h13-16H,3-12H2,1-2H3,(H,25,26)(H2,21,22,27). The fraction of sp³-hybridized carbons (Fsp3) is 0.850. The van der Waals surface area contributed by atoms with Gasteiger partial charge in [-0.2, -0.15) is 0 Å². The summed E-state index contributed by atoms with van der Waals surface area (Å²) in [6, 6.07) is -0.326. The fourth-order valence-corrected chi connectivity index (χ4v) is 5.83. The van der Waals surface area contributed by atoms with E-state index in [0.29, 0.717) is 6.42 Å². The predicted octanol–water partition coefficient (Wildman–Crippen LogP) is 2.36. The van der Waals surface area contributed by atoms with Gasteiger partial charge >= 0.3 is 12.0 Å². The van der Waals surface area contributed by atoms with Crippen molar-refractivity contribution in [2.75, 3.05) is 13.1 Å². The number of carboxylic acid groups (broad SMARTS) is 1. The summed E-state index contributed by atoms with van der Waals surface area (Å²) in [4.78, 5) is 37.1. The number of hydrogen-bond donors (Lipinski definition) is 3. The summed E-state index contributed by atoms with van der Waals surface area (Å²) in [5.74, 6) is 1.03. The molecule has 0 aromatic carbocycles. The smallest absolute Gasteiger partial charge is 0.323 e. The molecule has 7 heteroatoms. The van der Waals surface area contributed by atoms with Crippen LogP contribution in [0.3, 0.4) is 0 Å². The molecule has 152 valence electrons. The number of amides is 3. The van der Waals surface area contributed by atoms with E-state index in [-0.39, 0.29) is 43.0 Å². The molecule has 3 amide bonds. The quantitative estimate of drug-likeness (QED) is 0.603. The van der Waals surface area contributed by atoms with Crippen LogP contribution in [-0.2, 0) is 9.59 Å². The van der Waals surface area contributed by atoms with Crippen molar-refractivity contribution in [1.82, 2.24) is 15.5 Å². The molecule has 1 atom stereocenters. The molecular weight excluding hydrogens is 346 g/mol. The van der Waals surface area contributed by atoms with Gasteiger partial charge in [0.25, 0.3) is 0 Å². The highest BCUT2D eigenvalue weighted by Gasteiger charge is 2.51. The van der Waals surface area contributed by atoms with E-state index in [9.17, 15) is 14.4 Å². The summed E-state index contributed by atoms with van der Waals surface area (Å²) >= 11 is 0. The predicted molar refractivity (Wildman–Crippen MR) is 101 cm³/mol. The molecule has 4 fully saturated rings. The van der Waals surface area contributed by atoms with Gasteiger partial charge in [0.1, 0.15) is 6.54 Å². The van der Waals surface area contributed by atoms with Crippen LogP contribution in [0.4, 0.5) is 4.79 Å². The number of carboxylic acids is 1. The van der Waals surface area contributed by atoms with E-state index in [0.717, 1.165) is 37.0 Å². The van der Waals surface area contributed by atoms with Crippen molar-refractivity contribution >= 4 is 17.9 Å². The van der Waals surface area contributed by atoms with E-state index in [1.807, 2.05) is 13.8 Å². The van der Waals surface area contributed by atoms with Crippen LogP contribution in [0, 0.1) is 17.8 Å². The highest BCUT2D eigenvalue weighted by atomic mass is 16.4. The lowest BCUT2D eigenvalue weighted by Crippen LogP contribution is -2.61. The minimum absolute atomic E-state index is 0.0467. The van der Waals surface area contributed by atoms with Crippen molar-refractivity contribution in [3.05, 3.63) is 0 Å². The molecule has 0 saturated heterocycles. The maximum atomic E-state index is 12.4. The van der Waals surface area contributed by atoms with E-state index < -0.39 is 5.97 Å². The largest absolute Gasteiger partial charge is 0.480 e. The molecule has 3 N–H and O–H groups in total. The van der Waals surface area contributed by atoms with Crippen molar-refractivity contribution in [2.45, 2.75) is 76.8 Å². The average molecular weight is 380 g/mol. The fourth-order valence-electron chi connectivity index (χ4n) is 5.83. The second-order valence-corrected chi connectivity index (χ2v) is 9.00. The van der Waals surface area contributed by atoms with Gasteiger partial charge in [0.05, 0.1) is 0 Å². The molecule has 27 heavy (non-hydrogen) atoms. The molecule has 0 radical (unpaired) electrons. The van der Waals surface area contributed by atoms with Crippen molar-refractivity contribution in [2.24, 2.45) is 17.8 Å². The zero-order chi connectivity index (χ0) is 19.6. The Hall–Kier alpha value is -1.79. The van der Waals surface area contributed by atoms with Gasteiger partial charge in [0, 0.05) is 24.5 Å². The van der Waals surface area contributed by atoms with Gasteiger partial charge in [0.2, 0.25) is 5.91 Å². The summed E-state index contributed by atoms with van der Waals surface area (Å²) in [7, 11) is 0. The van der Waals surface area contributed by atoms with Gasteiger partial charge in [-0.05, 0) is 69.6 Å². The van der Waals surface area contributed by atoms with E-state index in [4.69, 9.17) is 5.11 Å². The molecule has 0 aliphatic heterocycles. The van der Waals surface area contributed by atoms with Gasteiger partial charge < -0.3 is 20.6 Å². The Kier molecular flexibility index (Phi) is 5.96. The third-order valence-corrected chi connectivity index (χ3v) is 6.79. The Morgan fingerprint density at radius 1 is 1.11 bits per heavy atom. The van der Waals surface area contributed by atoms with E-state index >= 15 is 0 Å². The Balaban J connectivity index is 1.45. The highest BCUT2D eigenvalue weighted by Crippen LogP contribution is 2.55. The molecule has 4 bridgehead atoms. The van der Waals surface area contributed by atoms with Crippen molar-refractivity contribution in [3.63, 3.8) is 0 Å². The molecule has 4 saturated carbocycles. The first-order valence-electron chi connectivity index (χ1n) is 10.4. The van der Waals surface area contributed by atoms with Crippen LogP contribution in [-0.4, -0.2) is 52.6 Å². The lowest BCUT2D eigenvalue weighted by atomic mass is 9.53. The SMILES string of the molecule is CCC(C)N(CC(=O)O)C(=O)CCNC(=O)NC12CC3CC(CC(C3)C1)C2. The zero-order valence-electron chi connectivity index (χ0n) is 16.5. The number of hydrogen-bond acceptors (Lipinski definition) is 3. The monoisotopic (exact) mass is 379 g/mol. The summed E-state index contributed by atoms with van der Waals surface area (Å²) in [5.41, 5.74) is -0.0467. The van der Waals surface area contributed by atoms with Crippen LogP contribution in [0.1, 0.15) is 65.2 Å². The van der Waals surface area contributed by atoms with Crippen LogP contribution < -0.4 is 10.6 Å². The maximum absolute atomic E-state index is 12.4. The third-order valence-electron chi connectivity index (χ3n) is 6.79. The number of aliphatic carboxylic acids is 1. The van der Waals surface area contributed by atoms with Crippen LogP contribution in [0.2, 0.25) is 0 Å². The third kappa shape index (κ3) is 4.74.